The number of aromatic nitrogens is 1. The van der Waals surface area contributed by atoms with E-state index in [-0.39, 0.29) is 23.1 Å². The van der Waals surface area contributed by atoms with Crippen molar-refractivity contribution in [3.8, 4) is 0 Å². The first kappa shape index (κ1) is 23.9. The van der Waals surface area contributed by atoms with E-state index in [0.29, 0.717) is 21.2 Å². The fourth-order valence-electron chi connectivity index (χ4n) is 3.76. The number of fused-ring (bicyclic) bond motifs is 1. The van der Waals surface area contributed by atoms with Gasteiger partial charge in [-0.2, -0.15) is 13.2 Å². The standard InChI is InChI=1S/C25H17Cl2F3N2O2/c1-14-2-11-20-19(12-14)21(22(33)24(34)31-18-9-7-17(27)8-10-18)23(25(28,29)30)32(20)13-15-3-5-16(26)6-4-15/h2-12H,13H2,1H3,(H,31,34). The molecule has 0 radical (unpaired) electrons. The number of anilines is 1. The monoisotopic (exact) mass is 504 g/mol. The van der Waals surface area contributed by atoms with Crippen LogP contribution in [0, 0.1) is 6.92 Å². The first-order valence-corrected chi connectivity index (χ1v) is 10.9. The van der Waals surface area contributed by atoms with Gasteiger partial charge in [-0.25, -0.2) is 0 Å². The van der Waals surface area contributed by atoms with Crippen LogP contribution in [-0.2, 0) is 17.5 Å². The van der Waals surface area contributed by atoms with Gasteiger partial charge in [0.05, 0.1) is 5.56 Å². The topological polar surface area (TPSA) is 51.1 Å². The van der Waals surface area contributed by atoms with Crippen molar-refractivity contribution < 1.29 is 22.8 Å². The summed E-state index contributed by atoms with van der Waals surface area (Å²) in [6.07, 6.45) is -4.90. The minimum atomic E-state index is -4.90. The minimum Gasteiger partial charge on any atom is -0.332 e. The normalized spacial score (nSPS) is 11.6. The summed E-state index contributed by atoms with van der Waals surface area (Å²) in [6.45, 7) is 1.53. The number of carbonyl (C=O) groups excluding carboxylic acids is 2. The predicted molar refractivity (Wildman–Crippen MR) is 127 cm³/mol. The van der Waals surface area contributed by atoms with Gasteiger partial charge in [0, 0.05) is 33.2 Å². The number of halogens is 5. The quantitative estimate of drug-likeness (QED) is 0.232. The highest BCUT2D eigenvalue weighted by Crippen LogP contribution is 2.39. The van der Waals surface area contributed by atoms with Crippen LogP contribution in [-0.4, -0.2) is 16.3 Å². The van der Waals surface area contributed by atoms with E-state index < -0.39 is 29.1 Å². The zero-order valence-electron chi connectivity index (χ0n) is 17.7. The number of hydrogen-bond donors (Lipinski definition) is 1. The minimum absolute atomic E-state index is 0.0533. The van der Waals surface area contributed by atoms with E-state index in [9.17, 15) is 22.8 Å². The molecule has 9 heteroatoms. The highest BCUT2D eigenvalue weighted by atomic mass is 35.5. The SMILES string of the molecule is Cc1ccc2c(c1)c(C(=O)C(=O)Nc1ccc(Cl)cc1)c(C(F)(F)F)n2Cc1ccc(Cl)cc1. The lowest BCUT2D eigenvalue weighted by Gasteiger charge is -2.15. The molecule has 0 spiro atoms. The third-order valence-electron chi connectivity index (χ3n) is 5.28. The molecule has 3 aromatic carbocycles. The summed E-state index contributed by atoms with van der Waals surface area (Å²) in [5.41, 5.74) is -0.243. The molecule has 0 atom stereocenters. The maximum Gasteiger partial charge on any atom is 0.432 e. The van der Waals surface area contributed by atoms with Crippen LogP contribution in [0.4, 0.5) is 18.9 Å². The Hall–Kier alpha value is -3.29. The van der Waals surface area contributed by atoms with Gasteiger partial charge in [-0.15, -0.1) is 0 Å². The van der Waals surface area contributed by atoms with E-state index in [0.717, 1.165) is 4.57 Å². The van der Waals surface area contributed by atoms with Crippen LogP contribution in [0.5, 0.6) is 0 Å². The average Bonchev–Trinajstić information content (AvgIpc) is 3.09. The van der Waals surface area contributed by atoms with Crippen LogP contribution in [0.1, 0.15) is 27.2 Å². The summed E-state index contributed by atoms with van der Waals surface area (Å²) >= 11 is 11.7. The molecule has 1 N–H and O–H groups in total. The number of benzene rings is 3. The number of rotatable bonds is 5. The lowest BCUT2D eigenvalue weighted by Crippen LogP contribution is -2.26. The molecule has 1 heterocycles. The maximum atomic E-state index is 14.4. The fraction of sp³-hybridized carbons (Fsp3) is 0.120. The summed E-state index contributed by atoms with van der Waals surface area (Å²) in [6, 6.07) is 16.9. The number of amides is 1. The summed E-state index contributed by atoms with van der Waals surface area (Å²) in [5.74, 6) is -2.47. The molecule has 0 saturated carbocycles. The second-order valence-corrected chi connectivity index (χ2v) is 8.62. The Labute approximate surface area is 202 Å². The van der Waals surface area contributed by atoms with Gasteiger partial charge in [0.25, 0.3) is 11.7 Å². The highest BCUT2D eigenvalue weighted by molar-refractivity contribution is 6.48. The number of hydrogen-bond acceptors (Lipinski definition) is 2. The zero-order valence-corrected chi connectivity index (χ0v) is 19.2. The number of nitrogens with zero attached hydrogens (tertiary/aromatic N) is 1. The lowest BCUT2D eigenvalue weighted by atomic mass is 10.0. The fourth-order valence-corrected chi connectivity index (χ4v) is 4.02. The summed E-state index contributed by atoms with van der Waals surface area (Å²) < 4.78 is 44.1. The van der Waals surface area contributed by atoms with Gasteiger partial charge in [0.1, 0.15) is 5.69 Å². The van der Waals surface area contributed by atoms with Crippen molar-refractivity contribution in [1.29, 1.82) is 0 Å². The number of Topliss-reactive ketones (excluding diaryl/α,β-unsaturated/α-hetero) is 1. The first-order chi connectivity index (χ1) is 16.0. The molecule has 1 amide bonds. The molecule has 4 rings (SSSR count). The van der Waals surface area contributed by atoms with E-state index >= 15 is 0 Å². The van der Waals surface area contributed by atoms with Crippen molar-refractivity contribution in [3.63, 3.8) is 0 Å². The second-order valence-electron chi connectivity index (χ2n) is 7.74. The van der Waals surface area contributed by atoms with E-state index in [1.165, 1.54) is 36.4 Å². The molecule has 0 bridgehead atoms. The average molecular weight is 505 g/mol. The van der Waals surface area contributed by atoms with Crippen molar-refractivity contribution in [2.24, 2.45) is 0 Å². The largest absolute Gasteiger partial charge is 0.432 e. The Morgan fingerprint density at radius 1 is 0.912 bits per heavy atom. The molecule has 4 aromatic rings. The van der Waals surface area contributed by atoms with E-state index in [4.69, 9.17) is 23.2 Å². The molecular formula is C25H17Cl2F3N2O2. The van der Waals surface area contributed by atoms with Gasteiger partial charge in [0.15, 0.2) is 0 Å². The molecule has 4 nitrogen and oxygen atoms in total. The zero-order chi connectivity index (χ0) is 24.6. The van der Waals surface area contributed by atoms with Gasteiger partial charge >= 0.3 is 6.18 Å². The molecule has 0 aliphatic carbocycles. The van der Waals surface area contributed by atoms with Crippen molar-refractivity contribution in [1.82, 2.24) is 4.57 Å². The van der Waals surface area contributed by atoms with Crippen molar-refractivity contribution in [2.75, 3.05) is 5.32 Å². The van der Waals surface area contributed by atoms with Crippen molar-refractivity contribution in [2.45, 2.75) is 19.6 Å². The van der Waals surface area contributed by atoms with Gasteiger partial charge in [-0.1, -0.05) is 47.0 Å². The highest BCUT2D eigenvalue weighted by Gasteiger charge is 2.42. The molecular weight excluding hydrogens is 488 g/mol. The summed E-state index contributed by atoms with van der Waals surface area (Å²) in [7, 11) is 0. The molecule has 0 aliphatic heterocycles. The second kappa shape index (κ2) is 9.16. The summed E-state index contributed by atoms with van der Waals surface area (Å²) in [5, 5.41) is 3.26. The van der Waals surface area contributed by atoms with Gasteiger partial charge < -0.3 is 9.88 Å². The van der Waals surface area contributed by atoms with E-state index in [1.807, 2.05) is 0 Å². The molecule has 0 unspecified atom stereocenters. The van der Waals surface area contributed by atoms with E-state index in [2.05, 4.69) is 5.32 Å². The number of aryl methyl sites for hydroxylation is 1. The Bertz CT molecular complexity index is 1390. The Morgan fingerprint density at radius 2 is 1.50 bits per heavy atom. The van der Waals surface area contributed by atoms with Gasteiger partial charge in [-0.05, 0) is 61.0 Å². The van der Waals surface area contributed by atoms with Crippen LogP contribution in [0.25, 0.3) is 10.9 Å². The molecule has 1 aromatic heterocycles. The van der Waals surface area contributed by atoms with Crippen LogP contribution < -0.4 is 5.32 Å². The molecule has 0 aliphatic rings. The van der Waals surface area contributed by atoms with Gasteiger partial charge in [-0.3, -0.25) is 9.59 Å². The van der Waals surface area contributed by atoms with Crippen LogP contribution in [0.2, 0.25) is 10.0 Å². The van der Waals surface area contributed by atoms with Gasteiger partial charge in [0.2, 0.25) is 0 Å². The third kappa shape index (κ3) is 4.81. The Kier molecular flexibility index (Phi) is 6.43. The van der Waals surface area contributed by atoms with Crippen LogP contribution >= 0.6 is 23.2 Å². The number of alkyl halides is 3. The maximum absolute atomic E-state index is 14.4. The smallest absolute Gasteiger partial charge is 0.332 e. The summed E-state index contributed by atoms with van der Waals surface area (Å²) in [4.78, 5) is 25.9. The molecule has 0 fully saturated rings. The lowest BCUT2D eigenvalue weighted by molar-refractivity contribution is -0.143. The first-order valence-electron chi connectivity index (χ1n) is 10.1. The number of nitrogens with one attached hydrogen (secondary N) is 1. The van der Waals surface area contributed by atoms with Crippen molar-refractivity contribution >= 4 is 51.5 Å². The van der Waals surface area contributed by atoms with Crippen LogP contribution in [0.15, 0.2) is 66.7 Å². The number of carbonyl (C=O) groups is 2. The van der Waals surface area contributed by atoms with Crippen molar-refractivity contribution in [3.05, 3.63) is 99.2 Å². The Balaban J connectivity index is 1.86. The predicted octanol–water partition coefficient (Wildman–Crippen LogP) is 7.15. The molecule has 34 heavy (non-hydrogen) atoms. The molecule has 174 valence electrons. The third-order valence-corrected chi connectivity index (χ3v) is 5.78. The Morgan fingerprint density at radius 3 is 2.09 bits per heavy atom. The number of ketones is 1. The molecule has 0 saturated heterocycles. The van der Waals surface area contributed by atoms with Crippen LogP contribution in [0.3, 0.4) is 0 Å². The van der Waals surface area contributed by atoms with E-state index in [1.54, 1.807) is 37.3 Å².